The van der Waals surface area contributed by atoms with E-state index in [2.05, 4.69) is 10.1 Å². The second-order valence-electron chi connectivity index (χ2n) is 5.61. The van der Waals surface area contributed by atoms with Crippen molar-refractivity contribution in [2.45, 2.75) is 19.7 Å². The Morgan fingerprint density at radius 3 is 2.54 bits per heavy atom. The molecule has 0 spiro atoms. The number of hydrogen-bond donors (Lipinski definition) is 0. The molecule has 3 aromatic rings. The van der Waals surface area contributed by atoms with E-state index in [1.165, 1.54) is 7.05 Å². The van der Waals surface area contributed by atoms with Gasteiger partial charge < -0.3 is 9.47 Å². The van der Waals surface area contributed by atoms with Crippen LogP contribution in [0.15, 0.2) is 48.5 Å². The Labute approximate surface area is 148 Å². The van der Waals surface area contributed by atoms with Crippen LogP contribution in [0.4, 0.5) is 13.2 Å². The van der Waals surface area contributed by atoms with Gasteiger partial charge in [-0.25, -0.2) is 9.67 Å². The second kappa shape index (κ2) is 7.07. The summed E-state index contributed by atoms with van der Waals surface area (Å²) in [5.74, 6) is 0.844. The van der Waals surface area contributed by atoms with Crippen LogP contribution < -0.4 is 9.47 Å². The highest BCUT2D eigenvalue weighted by Crippen LogP contribution is 2.31. The zero-order valence-electron chi connectivity index (χ0n) is 14.1. The number of benzene rings is 1. The number of aromatic nitrogens is 3. The number of ether oxygens (including phenoxy) is 2. The molecule has 0 saturated heterocycles. The van der Waals surface area contributed by atoms with Gasteiger partial charge in [-0.1, -0.05) is 24.3 Å². The number of nitrogens with zero attached hydrogens (tertiary/aromatic N) is 3. The Morgan fingerprint density at radius 1 is 1.08 bits per heavy atom. The fourth-order valence-electron chi connectivity index (χ4n) is 2.26. The van der Waals surface area contributed by atoms with Gasteiger partial charge in [0.2, 0.25) is 11.8 Å². The minimum absolute atomic E-state index is 0.0539. The molecule has 8 heteroatoms. The first-order valence-corrected chi connectivity index (χ1v) is 7.76. The molecule has 0 radical (unpaired) electrons. The summed E-state index contributed by atoms with van der Waals surface area (Å²) in [6.07, 6.45) is -4.53. The maximum Gasteiger partial charge on any atom is 0.435 e. The standard InChI is InChI=1S/C18H16F3N3O2/c1-12-6-3-4-8-14(12)25-11-13-7-5-9-16(22-13)26-17-10-15(18(19,20)21)23-24(17)2/h3-10H,11H2,1-2H3. The van der Waals surface area contributed by atoms with Gasteiger partial charge in [-0.15, -0.1) is 0 Å². The van der Waals surface area contributed by atoms with E-state index in [0.29, 0.717) is 5.69 Å². The SMILES string of the molecule is Cc1ccccc1OCc1cccc(Oc2cc(C(F)(F)F)nn2C)n1. The summed E-state index contributed by atoms with van der Waals surface area (Å²) < 4.78 is 50.3. The zero-order valence-corrected chi connectivity index (χ0v) is 14.1. The lowest BCUT2D eigenvalue weighted by atomic mass is 10.2. The van der Waals surface area contributed by atoms with Gasteiger partial charge in [-0.3, -0.25) is 0 Å². The van der Waals surface area contributed by atoms with Gasteiger partial charge in [0.25, 0.3) is 0 Å². The van der Waals surface area contributed by atoms with Gasteiger partial charge in [-0.2, -0.15) is 18.3 Å². The minimum atomic E-state index is -4.53. The van der Waals surface area contributed by atoms with Gasteiger partial charge in [-0.05, 0) is 24.6 Å². The normalized spacial score (nSPS) is 11.4. The molecule has 0 atom stereocenters. The first kappa shape index (κ1) is 17.8. The molecule has 0 unspecified atom stereocenters. The lowest BCUT2D eigenvalue weighted by Crippen LogP contribution is -2.06. The van der Waals surface area contributed by atoms with E-state index in [1.807, 2.05) is 31.2 Å². The van der Waals surface area contributed by atoms with Crippen LogP contribution in [0, 0.1) is 6.92 Å². The van der Waals surface area contributed by atoms with E-state index < -0.39 is 11.9 Å². The average Bonchev–Trinajstić information content (AvgIpc) is 2.96. The first-order valence-electron chi connectivity index (χ1n) is 7.76. The van der Waals surface area contributed by atoms with Crippen molar-refractivity contribution in [2.75, 3.05) is 0 Å². The van der Waals surface area contributed by atoms with Crippen LogP contribution in [0.5, 0.6) is 17.5 Å². The molecule has 0 N–H and O–H groups in total. The highest BCUT2D eigenvalue weighted by molar-refractivity contribution is 5.32. The van der Waals surface area contributed by atoms with Crippen LogP contribution in [0.3, 0.4) is 0 Å². The third-order valence-corrected chi connectivity index (χ3v) is 3.59. The fourth-order valence-corrected chi connectivity index (χ4v) is 2.26. The van der Waals surface area contributed by atoms with Crippen LogP contribution in [0.25, 0.3) is 0 Å². The van der Waals surface area contributed by atoms with Gasteiger partial charge in [0.05, 0.1) is 5.69 Å². The summed E-state index contributed by atoms with van der Waals surface area (Å²) in [5.41, 5.74) is 0.562. The third-order valence-electron chi connectivity index (χ3n) is 3.59. The fraction of sp³-hybridized carbons (Fsp3) is 0.222. The maximum atomic E-state index is 12.7. The van der Waals surface area contributed by atoms with Crippen LogP contribution in [0.2, 0.25) is 0 Å². The van der Waals surface area contributed by atoms with E-state index in [4.69, 9.17) is 9.47 Å². The zero-order chi connectivity index (χ0) is 18.7. The molecular formula is C18H16F3N3O2. The van der Waals surface area contributed by atoms with Crippen molar-refractivity contribution in [3.8, 4) is 17.5 Å². The smallest absolute Gasteiger partial charge is 0.435 e. The molecule has 0 saturated carbocycles. The largest absolute Gasteiger partial charge is 0.487 e. The predicted octanol–water partition coefficient (Wildman–Crippen LogP) is 4.51. The van der Waals surface area contributed by atoms with Crippen LogP contribution in [-0.4, -0.2) is 14.8 Å². The number of aryl methyl sites for hydroxylation is 2. The van der Waals surface area contributed by atoms with Crippen molar-refractivity contribution in [1.29, 1.82) is 0 Å². The summed E-state index contributed by atoms with van der Waals surface area (Å²) in [6.45, 7) is 2.14. The lowest BCUT2D eigenvalue weighted by molar-refractivity contribution is -0.141. The number of halogens is 3. The number of rotatable bonds is 5. The Morgan fingerprint density at radius 2 is 1.85 bits per heavy atom. The second-order valence-corrected chi connectivity index (χ2v) is 5.61. The lowest BCUT2D eigenvalue weighted by Gasteiger charge is -2.09. The molecule has 0 aliphatic heterocycles. The van der Waals surface area contributed by atoms with Crippen molar-refractivity contribution in [3.63, 3.8) is 0 Å². The van der Waals surface area contributed by atoms with Crippen LogP contribution in [-0.2, 0) is 19.8 Å². The topological polar surface area (TPSA) is 49.2 Å². The summed E-state index contributed by atoms with van der Waals surface area (Å²) in [7, 11) is 1.37. The highest BCUT2D eigenvalue weighted by atomic mass is 19.4. The predicted molar refractivity (Wildman–Crippen MR) is 88.0 cm³/mol. The molecule has 1 aromatic carbocycles. The maximum absolute atomic E-state index is 12.7. The number of pyridine rings is 1. The number of alkyl halides is 3. The highest BCUT2D eigenvalue weighted by Gasteiger charge is 2.35. The molecule has 2 aromatic heterocycles. The van der Waals surface area contributed by atoms with Gasteiger partial charge in [0, 0.05) is 19.2 Å². The van der Waals surface area contributed by atoms with E-state index in [1.54, 1.807) is 18.2 Å². The summed E-state index contributed by atoms with van der Waals surface area (Å²) in [5, 5.41) is 3.40. The van der Waals surface area contributed by atoms with Crippen molar-refractivity contribution in [3.05, 3.63) is 65.5 Å². The van der Waals surface area contributed by atoms with Crippen LogP contribution >= 0.6 is 0 Å². The molecule has 0 fully saturated rings. The van der Waals surface area contributed by atoms with Gasteiger partial charge >= 0.3 is 6.18 Å². The Hall–Kier alpha value is -3.03. The molecular weight excluding hydrogens is 347 g/mol. The Bertz CT molecular complexity index is 907. The molecule has 0 bridgehead atoms. The van der Waals surface area contributed by atoms with E-state index in [9.17, 15) is 13.2 Å². The van der Waals surface area contributed by atoms with E-state index in [-0.39, 0.29) is 18.4 Å². The molecule has 26 heavy (non-hydrogen) atoms. The summed E-state index contributed by atoms with van der Waals surface area (Å²) in [4.78, 5) is 4.26. The van der Waals surface area contributed by atoms with E-state index in [0.717, 1.165) is 22.1 Å². The van der Waals surface area contributed by atoms with Crippen molar-refractivity contribution < 1.29 is 22.6 Å². The third kappa shape index (κ3) is 4.14. The minimum Gasteiger partial charge on any atom is -0.487 e. The van der Waals surface area contributed by atoms with Crippen molar-refractivity contribution >= 4 is 0 Å². The molecule has 3 rings (SSSR count). The average molecular weight is 363 g/mol. The van der Waals surface area contributed by atoms with Crippen molar-refractivity contribution in [2.24, 2.45) is 7.05 Å². The molecule has 0 aliphatic carbocycles. The van der Waals surface area contributed by atoms with Gasteiger partial charge in [0.1, 0.15) is 12.4 Å². The molecule has 0 aliphatic rings. The number of para-hydroxylation sites is 1. The summed E-state index contributed by atoms with van der Waals surface area (Å²) in [6, 6.07) is 13.4. The van der Waals surface area contributed by atoms with Gasteiger partial charge in [0.15, 0.2) is 5.69 Å². The summed E-state index contributed by atoms with van der Waals surface area (Å²) >= 11 is 0. The Balaban J connectivity index is 1.72. The first-order chi connectivity index (χ1) is 12.3. The van der Waals surface area contributed by atoms with E-state index >= 15 is 0 Å². The quantitative estimate of drug-likeness (QED) is 0.669. The van der Waals surface area contributed by atoms with Crippen LogP contribution in [0.1, 0.15) is 17.0 Å². The molecule has 136 valence electrons. The van der Waals surface area contributed by atoms with Crippen molar-refractivity contribution in [1.82, 2.24) is 14.8 Å². The molecule has 5 nitrogen and oxygen atoms in total. The molecule has 0 amide bonds. The molecule has 2 heterocycles. The number of hydrogen-bond acceptors (Lipinski definition) is 4. The monoisotopic (exact) mass is 363 g/mol. The Kier molecular flexibility index (Phi) is 4.83.